The molecule has 0 fully saturated rings. The van der Waals surface area contributed by atoms with Crippen molar-refractivity contribution in [2.24, 2.45) is 0 Å². The minimum atomic E-state index is 1.02. The molecule has 0 atom stereocenters. The first-order chi connectivity index (χ1) is 21.3. The maximum Gasteiger partial charge on any atom is -0.00890 e. The van der Waals surface area contributed by atoms with Gasteiger partial charge < -0.3 is 0 Å². The summed E-state index contributed by atoms with van der Waals surface area (Å²) in [7, 11) is 0. The third-order valence-electron chi connectivity index (χ3n) is 6.64. The van der Waals surface area contributed by atoms with Crippen LogP contribution in [-0.4, -0.2) is 0 Å². The van der Waals surface area contributed by atoms with E-state index in [1.807, 2.05) is 45.9 Å². The Balaban J connectivity index is 0.000000593. The molecule has 2 aliphatic rings. The van der Waals surface area contributed by atoms with E-state index < -0.39 is 0 Å². The summed E-state index contributed by atoms with van der Waals surface area (Å²) in [6, 6.07) is 27.3. The summed E-state index contributed by atoms with van der Waals surface area (Å²) in [6.45, 7) is 22.9. The van der Waals surface area contributed by atoms with Crippen molar-refractivity contribution in [3.05, 3.63) is 172 Å². The molecular formula is C44H60. The first kappa shape index (κ1) is 40.1. The first-order valence-electron chi connectivity index (χ1n) is 16.4. The molecule has 0 bridgehead atoms. The first-order valence-corrected chi connectivity index (χ1v) is 16.4. The van der Waals surface area contributed by atoms with Crippen LogP contribution < -0.4 is 0 Å². The Kier molecular flexibility index (Phi) is 23.3. The van der Waals surface area contributed by atoms with Gasteiger partial charge in [-0.3, -0.25) is 0 Å². The highest BCUT2D eigenvalue weighted by Gasteiger charge is 2.06. The maximum absolute atomic E-state index is 2.29. The van der Waals surface area contributed by atoms with Crippen molar-refractivity contribution in [3.8, 4) is 0 Å². The highest BCUT2D eigenvalue weighted by Crippen LogP contribution is 2.26. The molecule has 0 N–H and O–H groups in total. The van der Waals surface area contributed by atoms with Gasteiger partial charge in [0.25, 0.3) is 0 Å². The Labute approximate surface area is 272 Å². The lowest BCUT2D eigenvalue weighted by Gasteiger charge is -2.09. The van der Waals surface area contributed by atoms with E-state index in [1.165, 1.54) is 63.0 Å². The fraction of sp³-hybridized carbons (Fsp3) is 0.318. The van der Waals surface area contributed by atoms with Crippen molar-refractivity contribution in [3.63, 3.8) is 0 Å². The van der Waals surface area contributed by atoms with Gasteiger partial charge in [0.2, 0.25) is 0 Å². The molecular weight excluding hydrogens is 528 g/mol. The van der Waals surface area contributed by atoms with Crippen molar-refractivity contribution < 1.29 is 0 Å². The second kappa shape index (κ2) is 25.6. The van der Waals surface area contributed by atoms with Crippen LogP contribution in [0.3, 0.4) is 0 Å². The highest BCUT2D eigenvalue weighted by molar-refractivity contribution is 5.65. The molecule has 0 amide bonds. The van der Waals surface area contributed by atoms with E-state index in [1.54, 1.807) is 0 Å². The van der Waals surface area contributed by atoms with Crippen LogP contribution in [0.4, 0.5) is 0 Å². The van der Waals surface area contributed by atoms with Gasteiger partial charge in [-0.25, -0.2) is 0 Å². The van der Waals surface area contributed by atoms with Gasteiger partial charge in [-0.2, -0.15) is 0 Å². The predicted molar refractivity (Wildman–Crippen MR) is 202 cm³/mol. The smallest absolute Gasteiger partial charge is 0.00890 e. The highest BCUT2D eigenvalue weighted by atomic mass is 14.1. The van der Waals surface area contributed by atoms with Crippen LogP contribution >= 0.6 is 0 Å². The zero-order valence-electron chi connectivity index (χ0n) is 29.7. The molecule has 0 saturated heterocycles. The molecule has 0 radical (unpaired) electrons. The van der Waals surface area contributed by atoms with E-state index in [4.69, 9.17) is 0 Å². The molecule has 3 aromatic rings. The lowest BCUT2D eigenvalue weighted by Crippen LogP contribution is -1.90. The van der Waals surface area contributed by atoms with E-state index in [0.29, 0.717) is 0 Å². The molecule has 3 aromatic carbocycles. The van der Waals surface area contributed by atoms with Gasteiger partial charge in [0, 0.05) is 0 Å². The summed E-state index contributed by atoms with van der Waals surface area (Å²) in [5, 5.41) is 0. The lowest BCUT2D eigenvalue weighted by molar-refractivity contribution is 1.02. The average molecular weight is 589 g/mol. The summed E-state index contributed by atoms with van der Waals surface area (Å²) in [6.07, 6.45) is 21.1. The number of hydrogen-bond donors (Lipinski definition) is 0. The van der Waals surface area contributed by atoms with Crippen LogP contribution in [0.15, 0.2) is 144 Å². The third kappa shape index (κ3) is 18.6. The number of benzene rings is 3. The van der Waals surface area contributed by atoms with E-state index in [0.717, 1.165) is 6.42 Å². The SMILES string of the molecule is CC.CC.CC(C)=C1CC=CC=C/C1=C/c1ccccc1C.CC1=CCCC=C1.Cc1ccc(C)cc1.Cc1ccccc1. The van der Waals surface area contributed by atoms with Crippen molar-refractivity contribution in [2.75, 3.05) is 0 Å². The third-order valence-corrected chi connectivity index (χ3v) is 6.64. The predicted octanol–water partition coefficient (Wildman–Crippen LogP) is 13.9. The fourth-order valence-electron chi connectivity index (χ4n) is 4.10. The summed E-state index contributed by atoms with van der Waals surface area (Å²) in [5.41, 5.74) is 12.2. The molecule has 0 aliphatic heterocycles. The Morgan fingerprint density at radius 3 is 1.55 bits per heavy atom. The monoisotopic (exact) mass is 588 g/mol. The van der Waals surface area contributed by atoms with Crippen LogP contribution in [0.5, 0.6) is 0 Å². The minimum Gasteiger partial charge on any atom is -0.0840 e. The topological polar surface area (TPSA) is 0 Å². The molecule has 0 unspecified atom stereocenters. The maximum atomic E-state index is 2.29. The van der Waals surface area contributed by atoms with E-state index in [9.17, 15) is 0 Å². The zero-order valence-corrected chi connectivity index (χ0v) is 29.7. The molecule has 0 aromatic heterocycles. The second-order valence-corrected chi connectivity index (χ2v) is 10.7. The summed E-state index contributed by atoms with van der Waals surface area (Å²) in [4.78, 5) is 0. The molecule has 5 rings (SSSR count). The van der Waals surface area contributed by atoms with Gasteiger partial charge in [0.1, 0.15) is 0 Å². The van der Waals surface area contributed by atoms with Crippen LogP contribution in [-0.2, 0) is 0 Å². The molecule has 2 aliphatic carbocycles. The van der Waals surface area contributed by atoms with Crippen molar-refractivity contribution in [1.29, 1.82) is 0 Å². The summed E-state index contributed by atoms with van der Waals surface area (Å²) >= 11 is 0. The van der Waals surface area contributed by atoms with E-state index >= 15 is 0 Å². The average Bonchev–Trinajstić information content (AvgIpc) is 3.29. The number of hydrogen-bond acceptors (Lipinski definition) is 0. The summed E-state index contributed by atoms with van der Waals surface area (Å²) < 4.78 is 0. The summed E-state index contributed by atoms with van der Waals surface area (Å²) in [5.74, 6) is 0. The van der Waals surface area contributed by atoms with Crippen LogP contribution in [0.2, 0.25) is 0 Å². The standard InChI is InChI=1S/C18H20.C8H10.C7H10.C7H8.2C2H6/c1-14(2)18-12-6-4-5-11-17(18)13-16-10-8-7-9-15(16)3;1-7-3-5-8(2)6-4-7;2*1-7-5-3-2-4-6-7;2*1-2/h4-11,13H,12H2,1-3H3;3-6H,1-2H3;3,5-6H,2,4H2,1H3;2-6H,1H3;2*1-2H3/b17-13-;;;;;. The Hall–Kier alpha value is -3.90. The van der Waals surface area contributed by atoms with Crippen LogP contribution in [0.25, 0.3) is 6.08 Å². The van der Waals surface area contributed by atoms with Gasteiger partial charge in [0.05, 0.1) is 0 Å². The van der Waals surface area contributed by atoms with Gasteiger partial charge in [-0.05, 0) is 96.1 Å². The molecule has 44 heavy (non-hydrogen) atoms. The van der Waals surface area contributed by atoms with Crippen molar-refractivity contribution >= 4 is 6.08 Å². The zero-order chi connectivity index (χ0) is 33.2. The van der Waals surface area contributed by atoms with Crippen molar-refractivity contribution in [2.45, 2.75) is 95.4 Å². The molecule has 0 nitrogen and oxygen atoms in total. The Bertz CT molecular complexity index is 1310. The quantitative estimate of drug-likeness (QED) is 0.265. The molecule has 0 spiro atoms. The molecule has 0 heteroatoms. The molecule has 0 saturated carbocycles. The fourth-order valence-corrected chi connectivity index (χ4v) is 4.10. The van der Waals surface area contributed by atoms with Gasteiger partial charge in [-0.15, -0.1) is 0 Å². The van der Waals surface area contributed by atoms with Gasteiger partial charge in [0.15, 0.2) is 0 Å². The minimum absolute atomic E-state index is 1.02. The van der Waals surface area contributed by atoms with E-state index in [2.05, 4.69) is 158 Å². The molecule has 0 heterocycles. The second-order valence-electron chi connectivity index (χ2n) is 10.7. The van der Waals surface area contributed by atoms with Crippen LogP contribution in [0, 0.1) is 27.7 Å². The van der Waals surface area contributed by atoms with Crippen LogP contribution in [0.1, 0.15) is 95.5 Å². The van der Waals surface area contributed by atoms with Gasteiger partial charge in [-0.1, -0.05) is 177 Å². The van der Waals surface area contributed by atoms with E-state index in [-0.39, 0.29) is 0 Å². The van der Waals surface area contributed by atoms with Crippen molar-refractivity contribution in [1.82, 2.24) is 0 Å². The van der Waals surface area contributed by atoms with Gasteiger partial charge >= 0.3 is 0 Å². The number of rotatable bonds is 1. The number of aryl methyl sites for hydroxylation is 4. The Morgan fingerprint density at radius 2 is 1.11 bits per heavy atom. The largest absolute Gasteiger partial charge is 0.0840 e. The Morgan fingerprint density at radius 1 is 0.568 bits per heavy atom. The molecule has 236 valence electrons. The lowest BCUT2D eigenvalue weighted by atomic mass is 9.96. The normalized spacial score (nSPS) is 13.4. The number of allylic oxidation sites excluding steroid dienone is 11.